The summed E-state index contributed by atoms with van der Waals surface area (Å²) >= 11 is 0. The minimum atomic E-state index is -0.252. The number of likely N-dealkylation sites (N-methyl/N-ethyl adjacent to an activating group) is 1. The van der Waals surface area contributed by atoms with E-state index in [1.807, 2.05) is 39.1 Å². The van der Waals surface area contributed by atoms with Crippen LogP contribution in [-0.4, -0.2) is 32.7 Å². The van der Waals surface area contributed by atoms with Crippen molar-refractivity contribution in [2.24, 2.45) is 0 Å². The number of nitrogens with zero attached hydrogens (tertiary/aromatic N) is 1. The van der Waals surface area contributed by atoms with Crippen LogP contribution in [0.5, 0.6) is 11.5 Å². The zero-order valence-corrected chi connectivity index (χ0v) is 16.2. The molecule has 27 heavy (non-hydrogen) atoms. The van der Waals surface area contributed by atoms with Crippen LogP contribution < -0.4 is 19.7 Å². The van der Waals surface area contributed by atoms with Crippen molar-refractivity contribution in [2.45, 2.75) is 26.4 Å². The maximum absolute atomic E-state index is 12.5. The van der Waals surface area contributed by atoms with Crippen LogP contribution in [0.15, 0.2) is 42.5 Å². The van der Waals surface area contributed by atoms with Crippen molar-refractivity contribution in [2.75, 3.05) is 26.1 Å². The average Bonchev–Trinajstić information content (AvgIpc) is 2.69. The van der Waals surface area contributed by atoms with Crippen LogP contribution in [0.25, 0.3) is 0 Å². The molecule has 2 aromatic carbocycles. The number of rotatable bonds is 8. The molecule has 0 aromatic heterocycles. The van der Waals surface area contributed by atoms with Crippen LogP contribution in [0.1, 0.15) is 25.0 Å². The van der Waals surface area contributed by atoms with Crippen molar-refractivity contribution >= 4 is 11.6 Å². The van der Waals surface area contributed by atoms with Gasteiger partial charge >= 0.3 is 0 Å². The number of quaternary nitrogens is 1. The van der Waals surface area contributed by atoms with Crippen molar-refractivity contribution in [3.8, 4) is 17.6 Å². The highest BCUT2D eigenvalue weighted by molar-refractivity contribution is 5.93. The van der Waals surface area contributed by atoms with Crippen LogP contribution in [0.2, 0.25) is 0 Å². The fraction of sp³-hybridized carbons (Fsp3) is 0.333. The molecule has 0 saturated carbocycles. The SMILES string of the molecule is CCOc1ccc(C[NH+](C)[C@@H](C)C(=O)Nc2ccc(C#N)cc2)cc1OC. The Hall–Kier alpha value is -3.04. The summed E-state index contributed by atoms with van der Waals surface area (Å²) in [7, 11) is 3.60. The first-order chi connectivity index (χ1) is 13.0. The standard InChI is InChI=1S/C21H25N3O3/c1-5-27-19-11-8-17(12-20(19)26-4)14-24(3)15(2)21(25)23-18-9-6-16(13-22)7-10-18/h6-12,15H,5,14H2,1-4H3,(H,23,25)/p+1/t15-/m0/s1. The zero-order chi connectivity index (χ0) is 19.8. The second-order valence-corrected chi connectivity index (χ2v) is 6.34. The topological polar surface area (TPSA) is 75.8 Å². The lowest BCUT2D eigenvalue weighted by Crippen LogP contribution is -3.12. The highest BCUT2D eigenvalue weighted by Gasteiger charge is 2.22. The molecule has 0 aliphatic rings. The predicted molar refractivity (Wildman–Crippen MR) is 104 cm³/mol. The molecule has 2 atom stereocenters. The molecule has 1 unspecified atom stereocenters. The number of amides is 1. The zero-order valence-electron chi connectivity index (χ0n) is 16.2. The molecule has 0 aliphatic heterocycles. The number of benzene rings is 2. The first-order valence-corrected chi connectivity index (χ1v) is 8.91. The molecule has 6 nitrogen and oxygen atoms in total. The third kappa shape index (κ3) is 5.47. The van der Waals surface area contributed by atoms with Crippen LogP contribution in [0, 0.1) is 11.3 Å². The Morgan fingerprint density at radius 1 is 1.22 bits per heavy atom. The summed E-state index contributed by atoms with van der Waals surface area (Å²) in [5.41, 5.74) is 2.31. The smallest absolute Gasteiger partial charge is 0.282 e. The number of nitriles is 1. The van der Waals surface area contributed by atoms with E-state index in [0.717, 1.165) is 10.5 Å². The van der Waals surface area contributed by atoms with Crippen LogP contribution in [-0.2, 0) is 11.3 Å². The molecule has 2 N–H and O–H groups in total. The third-order valence-electron chi connectivity index (χ3n) is 4.42. The monoisotopic (exact) mass is 368 g/mol. The van der Waals surface area contributed by atoms with Gasteiger partial charge in [-0.25, -0.2) is 0 Å². The first-order valence-electron chi connectivity index (χ1n) is 8.91. The minimum Gasteiger partial charge on any atom is -0.493 e. The van der Waals surface area contributed by atoms with E-state index in [1.165, 1.54) is 0 Å². The number of nitrogens with one attached hydrogen (secondary N) is 2. The van der Waals surface area contributed by atoms with E-state index in [0.29, 0.717) is 35.9 Å². The number of carbonyl (C=O) groups is 1. The minimum absolute atomic E-state index is 0.0740. The van der Waals surface area contributed by atoms with E-state index in [-0.39, 0.29) is 11.9 Å². The lowest BCUT2D eigenvalue weighted by molar-refractivity contribution is -0.907. The Labute approximate surface area is 160 Å². The Kier molecular flexibility index (Phi) is 7.21. The van der Waals surface area contributed by atoms with Gasteiger partial charge < -0.3 is 19.7 Å². The van der Waals surface area contributed by atoms with E-state index < -0.39 is 0 Å². The molecule has 6 heteroatoms. The van der Waals surface area contributed by atoms with Gasteiger partial charge in [-0.3, -0.25) is 4.79 Å². The van der Waals surface area contributed by atoms with E-state index in [9.17, 15) is 4.79 Å². The largest absolute Gasteiger partial charge is 0.493 e. The molecule has 2 aromatic rings. The summed E-state index contributed by atoms with van der Waals surface area (Å²) in [5.74, 6) is 1.33. The summed E-state index contributed by atoms with van der Waals surface area (Å²) in [6.45, 7) is 5.07. The number of hydrogen-bond acceptors (Lipinski definition) is 4. The fourth-order valence-electron chi connectivity index (χ4n) is 2.67. The van der Waals surface area contributed by atoms with Gasteiger partial charge in [-0.05, 0) is 56.3 Å². The number of methoxy groups -OCH3 is 1. The maximum Gasteiger partial charge on any atom is 0.282 e. The van der Waals surface area contributed by atoms with Crippen molar-refractivity contribution < 1.29 is 19.2 Å². The van der Waals surface area contributed by atoms with Crippen molar-refractivity contribution in [3.63, 3.8) is 0 Å². The molecule has 2 rings (SSSR count). The number of ether oxygens (including phenoxy) is 2. The van der Waals surface area contributed by atoms with E-state index in [4.69, 9.17) is 14.7 Å². The Balaban J connectivity index is 2.00. The predicted octanol–water partition coefficient (Wildman–Crippen LogP) is 2.01. The molecular formula is C21H26N3O3+. The average molecular weight is 368 g/mol. The molecular weight excluding hydrogens is 342 g/mol. The highest BCUT2D eigenvalue weighted by Crippen LogP contribution is 2.27. The van der Waals surface area contributed by atoms with Gasteiger partial charge in [0.2, 0.25) is 0 Å². The van der Waals surface area contributed by atoms with E-state index >= 15 is 0 Å². The van der Waals surface area contributed by atoms with Crippen LogP contribution in [0.3, 0.4) is 0 Å². The highest BCUT2D eigenvalue weighted by atomic mass is 16.5. The summed E-state index contributed by atoms with van der Waals surface area (Å²) < 4.78 is 10.9. The molecule has 142 valence electrons. The molecule has 0 aliphatic carbocycles. The normalized spacial score (nSPS) is 12.6. The second kappa shape index (κ2) is 9.60. The maximum atomic E-state index is 12.5. The second-order valence-electron chi connectivity index (χ2n) is 6.34. The molecule has 0 fully saturated rings. The number of hydrogen-bond donors (Lipinski definition) is 2. The van der Waals surface area contributed by atoms with Gasteiger partial charge in [0.05, 0.1) is 32.4 Å². The molecule has 0 bridgehead atoms. The summed E-state index contributed by atoms with van der Waals surface area (Å²) in [4.78, 5) is 13.6. The number of carbonyl (C=O) groups excluding carboxylic acids is 1. The molecule has 0 heterocycles. The fourth-order valence-corrected chi connectivity index (χ4v) is 2.67. The van der Waals surface area contributed by atoms with Gasteiger partial charge in [0.15, 0.2) is 17.5 Å². The van der Waals surface area contributed by atoms with Crippen LogP contribution >= 0.6 is 0 Å². The van der Waals surface area contributed by atoms with E-state index in [2.05, 4.69) is 11.4 Å². The van der Waals surface area contributed by atoms with Crippen molar-refractivity contribution in [3.05, 3.63) is 53.6 Å². The summed E-state index contributed by atoms with van der Waals surface area (Å²) in [6, 6.07) is 14.5. The van der Waals surface area contributed by atoms with Gasteiger partial charge in [0, 0.05) is 11.3 Å². The summed E-state index contributed by atoms with van der Waals surface area (Å²) in [5, 5.41) is 11.7. The van der Waals surface area contributed by atoms with Crippen molar-refractivity contribution in [1.82, 2.24) is 0 Å². The van der Waals surface area contributed by atoms with Gasteiger partial charge in [-0.2, -0.15) is 5.26 Å². The van der Waals surface area contributed by atoms with Gasteiger partial charge in [-0.1, -0.05) is 0 Å². The van der Waals surface area contributed by atoms with Gasteiger partial charge in [-0.15, -0.1) is 0 Å². The molecule has 0 spiro atoms. The Morgan fingerprint density at radius 3 is 2.52 bits per heavy atom. The van der Waals surface area contributed by atoms with Gasteiger partial charge in [0.1, 0.15) is 6.54 Å². The van der Waals surface area contributed by atoms with E-state index in [1.54, 1.807) is 31.4 Å². The Morgan fingerprint density at radius 2 is 1.93 bits per heavy atom. The summed E-state index contributed by atoms with van der Waals surface area (Å²) in [6.07, 6.45) is 0. The Bertz CT molecular complexity index is 812. The lowest BCUT2D eigenvalue weighted by atomic mass is 10.1. The van der Waals surface area contributed by atoms with Crippen LogP contribution in [0.4, 0.5) is 5.69 Å². The van der Waals surface area contributed by atoms with Crippen molar-refractivity contribution in [1.29, 1.82) is 5.26 Å². The lowest BCUT2D eigenvalue weighted by Gasteiger charge is -2.21. The first kappa shape index (κ1) is 20.3. The third-order valence-corrected chi connectivity index (χ3v) is 4.42. The molecule has 0 saturated heterocycles. The van der Waals surface area contributed by atoms with Gasteiger partial charge in [0.25, 0.3) is 5.91 Å². The molecule has 1 amide bonds. The molecule has 0 radical (unpaired) electrons. The number of anilines is 1. The quantitative estimate of drug-likeness (QED) is 0.747.